The molecule has 0 amide bonds. The molecule has 2 rings (SSSR count). The Bertz CT molecular complexity index is 421. The molecule has 1 saturated heterocycles. The Morgan fingerprint density at radius 3 is 2.89 bits per heavy atom. The molecule has 1 aliphatic rings. The van der Waals surface area contributed by atoms with Crippen molar-refractivity contribution in [2.24, 2.45) is 0 Å². The summed E-state index contributed by atoms with van der Waals surface area (Å²) in [7, 11) is 2.02. The summed E-state index contributed by atoms with van der Waals surface area (Å²) >= 11 is 12.5. The fraction of sp³-hybridized carbons (Fsp3) is 0.600. The van der Waals surface area contributed by atoms with Gasteiger partial charge in [0.1, 0.15) is 0 Å². The maximum atomic E-state index is 6.36. The molecule has 0 aliphatic carbocycles. The highest BCUT2D eigenvalue weighted by molar-refractivity contribution is 6.42. The number of nitrogens with zero attached hydrogens (tertiary/aromatic N) is 1. The van der Waals surface area contributed by atoms with Crippen LogP contribution in [-0.2, 0) is 0 Å². The Morgan fingerprint density at radius 1 is 1.37 bits per heavy atom. The largest absolute Gasteiger partial charge is 0.318 e. The van der Waals surface area contributed by atoms with Gasteiger partial charge in [-0.15, -0.1) is 0 Å². The number of piperidine rings is 1. The van der Waals surface area contributed by atoms with E-state index in [9.17, 15) is 0 Å². The SMILES string of the molecule is CNCC1CCCCN1C(C)c1cccc(Cl)c1Cl. The van der Waals surface area contributed by atoms with Crippen LogP contribution in [0.3, 0.4) is 0 Å². The highest BCUT2D eigenvalue weighted by Crippen LogP contribution is 2.35. The second-order valence-electron chi connectivity index (χ2n) is 5.26. The molecule has 0 radical (unpaired) electrons. The molecule has 0 spiro atoms. The molecule has 4 heteroatoms. The van der Waals surface area contributed by atoms with Crippen molar-refractivity contribution in [3.05, 3.63) is 33.8 Å². The number of hydrogen-bond donors (Lipinski definition) is 1. The van der Waals surface area contributed by atoms with Gasteiger partial charge in [0.2, 0.25) is 0 Å². The Balaban J connectivity index is 2.21. The fourth-order valence-electron chi connectivity index (χ4n) is 3.01. The van der Waals surface area contributed by atoms with Crippen LogP contribution < -0.4 is 5.32 Å². The van der Waals surface area contributed by atoms with Gasteiger partial charge in [0.15, 0.2) is 0 Å². The Hall–Kier alpha value is -0.280. The van der Waals surface area contributed by atoms with E-state index in [4.69, 9.17) is 23.2 Å². The van der Waals surface area contributed by atoms with Crippen molar-refractivity contribution in [1.82, 2.24) is 10.2 Å². The molecule has 2 nitrogen and oxygen atoms in total. The molecule has 1 N–H and O–H groups in total. The standard InChI is InChI=1S/C15H22Cl2N2/c1-11(13-7-5-8-14(16)15(13)17)19-9-4-3-6-12(19)10-18-2/h5,7-8,11-12,18H,3-4,6,9-10H2,1-2H3. The first-order valence-electron chi connectivity index (χ1n) is 6.99. The second kappa shape index (κ2) is 6.94. The van der Waals surface area contributed by atoms with E-state index in [0.29, 0.717) is 22.1 Å². The lowest BCUT2D eigenvalue weighted by Crippen LogP contribution is -2.46. The minimum Gasteiger partial charge on any atom is -0.318 e. The van der Waals surface area contributed by atoms with E-state index < -0.39 is 0 Å². The number of benzene rings is 1. The van der Waals surface area contributed by atoms with E-state index in [1.54, 1.807) is 0 Å². The topological polar surface area (TPSA) is 15.3 Å². The van der Waals surface area contributed by atoms with E-state index in [1.165, 1.54) is 19.3 Å². The summed E-state index contributed by atoms with van der Waals surface area (Å²) in [5.74, 6) is 0. The number of hydrogen-bond acceptors (Lipinski definition) is 2. The van der Waals surface area contributed by atoms with Gasteiger partial charge < -0.3 is 5.32 Å². The first kappa shape index (κ1) is 15.1. The summed E-state index contributed by atoms with van der Waals surface area (Å²) in [4.78, 5) is 2.55. The van der Waals surface area contributed by atoms with Crippen LogP contribution in [0.2, 0.25) is 10.0 Å². The smallest absolute Gasteiger partial charge is 0.0640 e. The number of halogens is 2. The van der Waals surface area contributed by atoms with Gasteiger partial charge in [0.05, 0.1) is 10.0 Å². The van der Waals surface area contributed by atoms with E-state index in [-0.39, 0.29) is 0 Å². The van der Waals surface area contributed by atoms with Crippen molar-refractivity contribution in [3.8, 4) is 0 Å². The van der Waals surface area contributed by atoms with E-state index in [1.807, 2.05) is 19.2 Å². The normalized spacial score (nSPS) is 22.4. The average molecular weight is 301 g/mol. The highest BCUT2D eigenvalue weighted by atomic mass is 35.5. The monoisotopic (exact) mass is 300 g/mol. The third-order valence-corrected chi connectivity index (χ3v) is 4.87. The summed E-state index contributed by atoms with van der Waals surface area (Å²) in [6.45, 7) is 4.39. The molecule has 19 heavy (non-hydrogen) atoms. The Kier molecular flexibility index (Phi) is 5.52. The number of likely N-dealkylation sites (N-methyl/N-ethyl adjacent to an activating group) is 1. The maximum Gasteiger partial charge on any atom is 0.0640 e. The molecule has 1 aliphatic heterocycles. The molecule has 2 atom stereocenters. The zero-order valence-electron chi connectivity index (χ0n) is 11.6. The van der Waals surface area contributed by atoms with Crippen LogP contribution in [0.15, 0.2) is 18.2 Å². The van der Waals surface area contributed by atoms with Crippen molar-refractivity contribution in [2.75, 3.05) is 20.1 Å². The van der Waals surface area contributed by atoms with Gasteiger partial charge in [-0.1, -0.05) is 41.8 Å². The van der Waals surface area contributed by atoms with Gasteiger partial charge in [0, 0.05) is 18.6 Å². The van der Waals surface area contributed by atoms with Gasteiger partial charge in [0.25, 0.3) is 0 Å². The molecule has 0 bridgehead atoms. The lowest BCUT2D eigenvalue weighted by molar-refractivity contribution is 0.103. The Morgan fingerprint density at radius 2 is 2.16 bits per heavy atom. The minimum atomic E-state index is 0.310. The van der Waals surface area contributed by atoms with Gasteiger partial charge in [-0.2, -0.15) is 0 Å². The van der Waals surface area contributed by atoms with Crippen LogP contribution in [0.5, 0.6) is 0 Å². The molecule has 106 valence electrons. The highest BCUT2D eigenvalue weighted by Gasteiger charge is 2.28. The predicted octanol–water partition coefficient (Wildman–Crippen LogP) is 4.13. The maximum absolute atomic E-state index is 6.36. The van der Waals surface area contributed by atoms with Crippen LogP contribution in [0.1, 0.15) is 37.8 Å². The van der Waals surface area contributed by atoms with Crippen molar-refractivity contribution in [2.45, 2.75) is 38.3 Å². The van der Waals surface area contributed by atoms with Crippen molar-refractivity contribution in [1.29, 1.82) is 0 Å². The van der Waals surface area contributed by atoms with Gasteiger partial charge >= 0.3 is 0 Å². The van der Waals surface area contributed by atoms with Gasteiger partial charge in [-0.05, 0) is 45.0 Å². The molecule has 1 aromatic rings. The molecule has 0 saturated carbocycles. The molecule has 1 fully saturated rings. The van der Waals surface area contributed by atoms with Crippen molar-refractivity contribution >= 4 is 23.2 Å². The quantitative estimate of drug-likeness (QED) is 0.899. The Labute approximate surface area is 126 Å². The molecular weight excluding hydrogens is 279 g/mol. The van der Waals surface area contributed by atoms with Gasteiger partial charge in [-0.25, -0.2) is 0 Å². The molecular formula is C15H22Cl2N2. The second-order valence-corrected chi connectivity index (χ2v) is 6.05. The van der Waals surface area contributed by atoms with Crippen LogP contribution >= 0.6 is 23.2 Å². The van der Waals surface area contributed by atoms with Crippen LogP contribution in [0, 0.1) is 0 Å². The van der Waals surface area contributed by atoms with Crippen molar-refractivity contribution in [3.63, 3.8) is 0 Å². The molecule has 1 aromatic carbocycles. The lowest BCUT2D eigenvalue weighted by Gasteiger charge is -2.40. The summed E-state index contributed by atoms with van der Waals surface area (Å²) < 4.78 is 0. The summed E-state index contributed by atoms with van der Waals surface area (Å²) in [5, 5.41) is 4.64. The van der Waals surface area contributed by atoms with Crippen LogP contribution in [0.25, 0.3) is 0 Å². The van der Waals surface area contributed by atoms with E-state index >= 15 is 0 Å². The molecule has 1 heterocycles. The summed E-state index contributed by atoms with van der Waals surface area (Å²) in [6.07, 6.45) is 3.84. The summed E-state index contributed by atoms with van der Waals surface area (Å²) in [5.41, 5.74) is 1.14. The molecule has 2 unspecified atom stereocenters. The minimum absolute atomic E-state index is 0.310. The van der Waals surface area contributed by atoms with Gasteiger partial charge in [-0.3, -0.25) is 4.90 Å². The first-order chi connectivity index (χ1) is 9.15. The van der Waals surface area contributed by atoms with Crippen molar-refractivity contribution < 1.29 is 0 Å². The fourth-order valence-corrected chi connectivity index (χ4v) is 3.48. The number of likely N-dealkylation sites (tertiary alicyclic amines) is 1. The lowest BCUT2D eigenvalue weighted by atomic mass is 9.97. The zero-order valence-corrected chi connectivity index (χ0v) is 13.1. The third-order valence-electron chi connectivity index (χ3n) is 4.04. The average Bonchev–Trinajstić information content (AvgIpc) is 2.42. The molecule has 0 aromatic heterocycles. The number of rotatable bonds is 4. The zero-order chi connectivity index (χ0) is 13.8. The van der Waals surface area contributed by atoms with Crippen LogP contribution in [-0.4, -0.2) is 31.1 Å². The van der Waals surface area contributed by atoms with E-state index in [2.05, 4.69) is 23.2 Å². The third kappa shape index (κ3) is 3.43. The summed E-state index contributed by atoms with van der Waals surface area (Å²) in [6, 6.07) is 6.82. The first-order valence-corrected chi connectivity index (χ1v) is 7.75. The predicted molar refractivity (Wildman–Crippen MR) is 83.1 cm³/mol. The number of nitrogens with one attached hydrogen (secondary N) is 1. The van der Waals surface area contributed by atoms with E-state index in [0.717, 1.165) is 18.7 Å². The van der Waals surface area contributed by atoms with Crippen LogP contribution in [0.4, 0.5) is 0 Å².